The summed E-state index contributed by atoms with van der Waals surface area (Å²) < 4.78 is 39.9. The van der Waals surface area contributed by atoms with E-state index in [9.17, 15) is 17.6 Å². The first kappa shape index (κ1) is 20.3. The molecule has 1 aliphatic carbocycles. The molecule has 0 unspecified atom stereocenters. The van der Waals surface area contributed by atoms with Crippen molar-refractivity contribution in [1.82, 2.24) is 0 Å². The van der Waals surface area contributed by atoms with Gasteiger partial charge in [0.15, 0.2) is 0 Å². The zero-order chi connectivity index (χ0) is 20.2. The molecule has 2 aromatic carbocycles. The fourth-order valence-corrected chi connectivity index (χ4v) is 4.92. The van der Waals surface area contributed by atoms with E-state index in [1.54, 1.807) is 43.3 Å². The minimum absolute atomic E-state index is 0.0572. The van der Waals surface area contributed by atoms with Crippen molar-refractivity contribution >= 4 is 27.3 Å². The summed E-state index contributed by atoms with van der Waals surface area (Å²) in [6.07, 6.45) is 3.73. The van der Waals surface area contributed by atoms with E-state index in [-0.39, 0.29) is 17.5 Å². The van der Waals surface area contributed by atoms with Crippen LogP contribution in [-0.2, 0) is 20.2 Å². The molecule has 0 atom stereocenters. The van der Waals surface area contributed by atoms with E-state index in [1.807, 2.05) is 0 Å². The van der Waals surface area contributed by atoms with Crippen LogP contribution < -0.4 is 10.0 Å². The van der Waals surface area contributed by atoms with Crippen LogP contribution in [0.1, 0.15) is 44.6 Å². The molecule has 0 bridgehead atoms. The third-order valence-corrected chi connectivity index (χ3v) is 6.65. The van der Waals surface area contributed by atoms with E-state index >= 15 is 0 Å². The van der Waals surface area contributed by atoms with Crippen molar-refractivity contribution in [3.8, 4) is 0 Å². The van der Waals surface area contributed by atoms with Crippen LogP contribution in [0.4, 0.5) is 15.8 Å². The predicted octanol–water partition coefficient (Wildman–Crippen LogP) is 4.43. The number of carbonyl (C=O) groups is 1. The van der Waals surface area contributed by atoms with E-state index in [0.29, 0.717) is 36.2 Å². The molecule has 1 amide bonds. The number of sulfonamides is 1. The lowest BCUT2D eigenvalue weighted by atomic mass is 9.78. The molecule has 3 rings (SSSR count). The van der Waals surface area contributed by atoms with Crippen molar-refractivity contribution in [1.29, 1.82) is 0 Å². The monoisotopic (exact) mass is 404 g/mol. The zero-order valence-corrected chi connectivity index (χ0v) is 16.7. The Morgan fingerprint density at radius 2 is 1.71 bits per heavy atom. The Morgan fingerprint density at radius 3 is 2.32 bits per heavy atom. The predicted molar refractivity (Wildman–Crippen MR) is 109 cm³/mol. The van der Waals surface area contributed by atoms with Crippen LogP contribution in [0, 0.1) is 5.82 Å². The molecule has 0 saturated heterocycles. The zero-order valence-electron chi connectivity index (χ0n) is 15.9. The quantitative estimate of drug-likeness (QED) is 0.717. The fraction of sp³-hybridized carbons (Fsp3) is 0.381. The largest absolute Gasteiger partial charge is 0.325 e. The Labute approximate surface area is 165 Å². The Kier molecular flexibility index (Phi) is 6.03. The lowest BCUT2D eigenvalue weighted by Crippen LogP contribution is -2.38. The number of nitrogens with one attached hydrogen (secondary N) is 2. The second-order valence-electron chi connectivity index (χ2n) is 7.25. The number of halogens is 1. The van der Waals surface area contributed by atoms with Crippen LogP contribution >= 0.6 is 0 Å². The fourth-order valence-electron chi connectivity index (χ4n) is 3.78. The molecular formula is C21H25FN2O3S. The van der Waals surface area contributed by atoms with Crippen LogP contribution in [0.2, 0.25) is 0 Å². The van der Waals surface area contributed by atoms with Gasteiger partial charge in [0.25, 0.3) is 0 Å². The van der Waals surface area contributed by atoms with Gasteiger partial charge in [-0.3, -0.25) is 9.52 Å². The van der Waals surface area contributed by atoms with Gasteiger partial charge in [-0.05, 0) is 61.2 Å². The third-order valence-electron chi connectivity index (χ3n) is 5.16. The van der Waals surface area contributed by atoms with Gasteiger partial charge >= 0.3 is 0 Å². The highest BCUT2D eigenvalue weighted by Gasteiger charge is 2.42. The van der Waals surface area contributed by atoms with Crippen LogP contribution in [-0.4, -0.2) is 20.1 Å². The minimum Gasteiger partial charge on any atom is -0.325 e. The van der Waals surface area contributed by atoms with Gasteiger partial charge < -0.3 is 5.32 Å². The third kappa shape index (κ3) is 4.52. The Morgan fingerprint density at radius 1 is 1.07 bits per heavy atom. The minimum atomic E-state index is -3.36. The molecular weight excluding hydrogens is 379 g/mol. The van der Waals surface area contributed by atoms with Crippen molar-refractivity contribution in [3.63, 3.8) is 0 Å². The second kappa shape index (κ2) is 8.31. The first-order valence-corrected chi connectivity index (χ1v) is 11.2. The smallest absolute Gasteiger partial charge is 0.235 e. The summed E-state index contributed by atoms with van der Waals surface area (Å²) in [5.74, 6) is -0.447. The van der Waals surface area contributed by atoms with E-state index in [2.05, 4.69) is 10.0 Å². The van der Waals surface area contributed by atoms with Gasteiger partial charge in [0.2, 0.25) is 15.9 Å². The highest BCUT2D eigenvalue weighted by molar-refractivity contribution is 7.92. The number of carbonyl (C=O) groups excluding carboxylic acids is 1. The number of rotatable bonds is 7. The molecule has 0 aromatic heterocycles. The first-order chi connectivity index (χ1) is 13.3. The van der Waals surface area contributed by atoms with Crippen LogP contribution in [0.3, 0.4) is 0 Å². The van der Waals surface area contributed by atoms with Crippen molar-refractivity contribution in [2.75, 3.05) is 15.8 Å². The molecule has 0 aliphatic heterocycles. The lowest BCUT2D eigenvalue weighted by Gasteiger charge is -2.28. The van der Waals surface area contributed by atoms with Gasteiger partial charge in [-0.15, -0.1) is 0 Å². The second-order valence-corrected chi connectivity index (χ2v) is 9.09. The summed E-state index contributed by atoms with van der Waals surface area (Å²) in [7, 11) is -3.36. The SMILES string of the molecule is CCCS(=O)(=O)Nc1ccc(NC(=O)C2(c3cccc(F)c3)CCCC2)cc1. The lowest BCUT2D eigenvalue weighted by molar-refractivity contribution is -0.121. The van der Waals surface area contributed by atoms with Crippen LogP contribution in [0.5, 0.6) is 0 Å². The maximum atomic E-state index is 13.7. The van der Waals surface area contributed by atoms with Crippen molar-refractivity contribution in [2.24, 2.45) is 0 Å². The number of anilines is 2. The highest BCUT2D eigenvalue weighted by Crippen LogP contribution is 2.42. The number of amides is 1. The highest BCUT2D eigenvalue weighted by atomic mass is 32.2. The van der Waals surface area contributed by atoms with Gasteiger partial charge in [-0.25, -0.2) is 12.8 Å². The summed E-state index contributed by atoms with van der Waals surface area (Å²) in [5.41, 5.74) is 0.994. The van der Waals surface area contributed by atoms with E-state index in [0.717, 1.165) is 12.8 Å². The molecule has 2 aromatic rings. The first-order valence-electron chi connectivity index (χ1n) is 9.53. The Bertz CT molecular complexity index is 936. The van der Waals surface area contributed by atoms with E-state index in [1.165, 1.54) is 12.1 Å². The van der Waals surface area contributed by atoms with Gasteiger partial charge in [-0.1, -0.05) is 31.9 Å². The molecule has 0 spiro atoms. The van der Waals surface area contributed by atoms with E-state index < -0.39 is 15.4 Å². The van der Waals surface area contributed by atoms with Gasteiger partial charge in [0, 0.05) is 11.4 Å². The van der Waals surface area contributed by atoms with Gasteiger partial charge in [0.1, 0.15) is 5.82 Å². The van der Waals surface area contributed by atoms with Crippen molar-refractivity contribution in [3.05, 3.63) is 59.9 Å². The number of benzene rings is 2. The summed E-state index contributed by atoms with van der Waals surface area (Å²) in [6, 6.07) is 12.8. The van der Waals surface area contributed by atoms with Crippen LogP contribution in [0.25, 0.3) is 0 Å². The number of hydrogen-bond donors (Lipinski definition) is 2. The molecule has 1 fully saturated rings. The van der Waals surface area contributed by atoms with Gasteiger partial charge in [0.05, 0.1) is 11.2 Å². The maximum absolute atomic E-state index is 13.7. The molecule has 7 heteroatoms. The molecule has 1 aliphatic rings. The van der Waals surface area contributed by atoms with Crippen LogP contribution in [0.15, 0.2) is 48.5 Å². The normalized spacial score (nSPS) is 15.9. The average Bonchev–Trinajstić information content (AvgIpc) is 3.14. The molecule has 28 heavy (non-hydrogen) atoms. The molecule has 2 N–H and O–H groups in total. The Balaban J connectivity index is 1.76. The van der Waals surface area contributed by atoms with E-state index in [4.69, 9.17) is 0 Å². The standard InChI is InChI=1S/C21H25FN2O3S/c1-2-14-28(26,27)24-19-10-8-18(9-11-19)23-20(25)21(12-3-4-13-21)16-6-5-7-17(22)15-16/h5-11,15,24H,2-4,12-14H2,1H3,(H,23,25). The topological polar surface area (TPSA) is 75.3 Å². The molecule has 0 radical (unpaired) electrons. The number of hydrogen-bond acceptors (Lipinski definition) is 3. The van der Waals surface area contributed by atoms with Crippen molar-refractivity contribution in [2.45, 2.75) is 44.4 Å². The molecule has 0 heterocycles. The summed E-state index contributed by atoms with van der Waals surface area (Å²) in [6.45, 7) is 1.80. The summed E-state index contributed by atoms with van der Waals surface area (Å²) in [5, 5.41) is 2.92. The summed E-state index contributed by atoms with van der Waals surface area (Å²) >= 11 is 0. The average molecular weight is 405 g/mol. The molecule has 5 nitrogen and oxygen atoms in total. The van der Waals surface area contributed by atoms with Crippen molar-refractivity contribution < 1.29 is 17.6 Å². The molecule has 150 valence electrons. The molecule has 1 saturated carbocycles. The van der Waals surface area contributed by atoms with Gasteiger partial charge in [-0.2, -0.15) is 0 Å². The summed E-state index contributed by atoms with van der Waals surface area (Å²) in [4.78, 5) is 13.1. The maximum Gasteiger partial charge on any atom is 0.235 e. The Hall–Kier alpha value is -2.41.